The summed E-state index contributed by atoms with van der Waals surface area (Å²) in [5.74, 6) is -0.754. The molecule has 1 fully saturated rings. The van der Waals surface area contributed by atoms with E-state index < -0.39 is 17.9 Å². The third-order valence-corrected chi connectivity index (χ3v) is 3.58. The van der Waals surface area contributed by atoms with Gasteiger partial charge in [-0.15, -0.1) is 11.8 Å². The van der Waals surface area contributed by atoms with Crippen LogP contribution in [0.1, 0.15) is 12.8 Å². The summed E-state index contributed by atoms with van der Waals surface area (Å²) >= 11 is 1.44. The van der Waals surface area contributed by atoms with E-state index in [-0.39, 0.29) is 12.5 Å². The largest absolute Gasteiger partial charge is 0.480 e. The summed E-state index contributed by atoms with van der Waals surface area (Å²) in [5, 5.41) is 11.4. The van der Waals surface area contributed by atoms with Crippen LogP contribution in [0.15, 0.2) is 0 Å². The Bertz CT molecular complexity index is 350. The van der Waals surface area contributed by atoms with Crippen LogP contribution in [0.5, 0.6) is 0 Å². The Kier molecular flexibility index (Phi) is 6.65. The normalized spacial score (nSPS) is 16.5. The summed E-state index contributed by atoms with van der Waals surface area (Å²) in [5.41, 5.74) is 0. The van der Waals surface area contributed by atoms with Gasteiger partial charge in [0.05, 0.1) is 11.6 Å². The van der Waals surface area contributed by atoms with Gasteiger partial charge in [0.25, 0.3) is 0 Å². The van der Waals surface area contributed by atoms with E-state index in [9.17, 15) is 14.4 Å². The number of carbonyl (C=O) groups is 3. The maximum atomic E-state index is 11.7. The van der Waals surface area contributed by atoms with Crippen molar-refractivity contribution in [2.75, 3.05) is 31.9 Å². The molecule has 7 nitrogen and oxygen atoms in total. The molecular weight excluding hydrogens is 272 g/mol. The Morgan fingerprint density at radius 3 is 2.84 bits per heavy atom. The quantitative estimate of drug-likeness (QED) is 0.586. The van der Waals surface area contributed by atoms with Gasteiger partial charge in [0.2, 0.25) is 11.8 Å². The van der Waals surface area contributed by atoms with Crippen molar-refractivity contribution in [1.82, 2.24) is 10.2 Å². The Morgan fingerprint density at radius 2 is 2.32 bits per heavy atom. The van der Waals surface area contributed by atoms with Crippen LogP contribution in [-0.2, 0) is 19.1 Å². The van der Waals surface area contributed by atoms with Gasteiger partial charge in [0.1, 0.15) is 12.6 Å². The Balaban J connectivity index is 2.38. The number of carbonyl (C=O) groups excluding carboxylic acids is 2. The monoisotopic (exact) mass is 290 g/mol. The number of hydrogen-bond acceptors (Lipinski definition) is 5. The third kappa shape index (κ3) is 5.48. The molecule has 1 saturated heterocycles. The topological polar surface area (TPSA) is 95.9 Å². The van der Waals surface area contributed by atoms with Crippen molar-refractivity contribution >= 4 is 29.5 Å². The maximum absolute atomic E-state index is 11.7. The predicted molar refractivity (Wildman–Crippen MR) is 69.7 cm³/mol. The number of rotatable bonds is 8. The van der Waals surface area contributed by atoms with Crippen LogP contribution in [-0.4, -0.2) is 65.7 Å². The summed E-state index contributed by atoms with van der Waals surface area (Å²) in [6.45, 7) is 0.362. The molecule has 0 aromatic heterocycles. The standard InChI is InChI=1S/C11H18N2O5S/c1-18-4-2-3-8(11(16)17)12-9(14)5-13-7-19-6-10(13)15/h8H,2-7H2,1H3,(H,12,14)(H,16,17). The van der Waals surface area contributed by atoms with Gasteiger partial charge < -0.3 is 20.1 Å². The molecule has 0 spiro atoms. The zero-order valence-electron chi connectivity index (χ0n) is 10.8. The lowest BCUT2D eigenvalue weighted by Gasteiger charge is -2.18. The van der Waals surface area contributed by atoms with Gasteiger partial charge in [-0.3, -0.25) is 9.59 Å². The second-order valence-electron chi connectivity index (χ2n) is 4.16. The number of ether oxygens (including phenoxy) is 1. The molecule has 19 heavy (non-hydrogen) atoms. The first-order chi connectivity index (χ1) is 9.04. The van der Waals surface area contributed by atoms with E-state index in [0.29, 0.717) is 31.1 Å². The average molecular weight is 290 g/mol. The molecule has 0 aromatic carbocycles. The van der Waals surface area contributed by atoms with E-state index >= 15 is 0 Å². The lowest BCUT2D eigenvalue weighted by molar-refractivity contribution is -0.142. The Labute approximate surface area is 115 Å². The molecular formula is C11H18N2O5S. The van der Waals surface area contributed by atoms with Crippen LogP contribution in [0, 0.1) is 0 Å². The number of hydrogen-bond donors (Lipinski definition) is 2. The molecule has 1 unspecified atom stereocenters. The molecule has 0 aromatic rings. The minimum absolute atomic E-state index is 0.0834. The first-order valence-corrected chi connectivity index (χ1v) is 7.06. The van der Waals surface area contributed by atoms with Gasteiger partial charge in [0, 0.05) is 13.7 Å². The van der Waals surface area contributed by atoms with Crippen LogP contribution in [0.2, 0.25) is 0 Å². The van der Waals surface area contributed by atoms with Gasteiger partial charge in [-0.05, 0) is 12.8 Å². The van der Waals surface area contributed by atoms with Crippen LogP contribution in [0.3, 0.4) is 0 Å². The van der Waals surface area contributed by atoms with E-state index in [1.165, 1.54) is 23.8 Å². The van der Waals surface area contributed by atoms with Gasteiger partial charge in [0.15, 0.2) is 0 Å². The summed E-state index contributed by atoms with van der Waals surface area (Å²) in [6.07, 6.45) is 0.851. The second kappa shape index (κ2) is 8.00. The van der Waals surface area contributed by atoms with E-state index in [0.717, 1.165) is 0 Å². The molecule has 1 aliphatic rings. The second-order valence-corrected chi connectivity index (χ2v) is 5.12. The van der Waals surface area contributed by atoms with Crippen molar-refractivity contribution in [3.8, 4) is 0 Å². The molecule has 0 aliphatic carbocycles. The highest BCUT2D eigenvalue weighted by Gasteiger charge is 2.25. The molecule has 8 heteroatoms. The zero-order valence-corrected chi connectivity index (χ0v) is 11.6. The van der Waals surface area contributed by atoms with Crippen LogP contribution < -0.4 is 5.32 Å². The molecule has 1 aliphatic heterocycles. The van der Waals surface area contributed by atoms with Gasteiger partial charge >= 0.3 is 5.97 Å². The summed E-state index contributed by atoms with van der Waals surface area (Å²) < 4.78 is 4.84. The van der Waals surface area contributed by atoms with Gasteiger partial charge in [-0.2, -0.15) is 0 Å². The fraction of sp³-hybridized carbons (Fsp3) is 0.727. The molecule has 2 N–H and O–H groups in total. The van der Waals surface area contributed by atoms with Gasteiger partial charge in [-0.1, -0.05) is 0 Å². The number of aliphatic carboxylic acids is 1. The minimum Gasteiger partial charge on any atom is -0.480 e. The SMILES string of the molecule is COCCCC(NC(=O)CN1CSCC1=O)C(=O)O. The molecule has 108 valence electrons. The molecule has 1 heterocycles. The fourth-order valence-electron chi connectivity index (χ4n) is 1.64. The number of amides is 2. The average Bonchev–Trinajstić information content (AvgIpc) is 2.74. The van der Waals surface area contributed by atoms with Crippen molar-refractivity contribution in [3.63, 3.8) is 0 Å². The molecule has 2 amide bonds. The minimum atomic E-state index is -1.08. The van der Waals surface area contributed by atoms with Crippen LogP contribution in [0.4, 0.5) is 0 Å². The summed E-state index contributed by atoms with van der Waals surface area (Å²) in [7, 11) is 1.53. The molecule has 0 saturated carbocycles. The number of methoxy groups -OCH3 is 1. The lowest BCUT2D eigenvalue weighted by atomic mass is 10.1. The molecule has 1 atom stereocenters. The van der Waals surface area contributed by atoms with Crippen molar-refractivity contribution < 1.29 is 24.2 Å². The van der Waals surface area contributed by atoms with Crippen molar-refractivity contribution in [3.05, 3.63) is 0 Å². The van der Waals surface area contributed by atoms with E-state index in [1.54, 1.807) is 0 Å². The number of carboxylic acid groups (broad SMARTS) is 1. The Morgan fingerprint density at radius 1 is 1.58 bits per heavy atom. The highest BCUT2D eigenvalue weighted by atomic mass is 32.2. The highest BCUT2D eigenvalue weighted by molar-refractivity contribution is 8.00. The number of thioether (sulfide) groups is 1. The summed E-state index contributed by atoms with van der Waals surface area (Å²) in [6, 6.07) is -0.937. The summed E-state index contributed by atoms with van der Waals surface area (Å²) in [4.78, 5) is 35.4. The van der Waals surface area contributed by atoms with Gasteiger partial charge in [-0.25, -0.2) is 4.79 Å². The van der Waals surface area contributed by atoms with Crippen molar-refractivity contribution in [2.45, 2.75) is 18.9 Å². The lowest BCUT2D eigenvalue weighted by Crippen LogP contribution is -2.46. The van der Waals surface area contributed by atoms with Crippen LogP contribution in [0.25, 0.3) is 0 Å². The van der Waals surface area contributed by atoms with E-state index in [2.05, 4.69) is 5.32 Å². The molecule has 0 bridgehead atoms. The smallest absolute Gasteiger partial charge is 0.326 e. The molecule has 1 rings (SSSR count). The Hall–Kier alpha value is -1.28. The predicted octanol–water partition coefficient (Wildman–Crippen LogP) is -0.485. The van der Waals surface area contributed by atoms with Crippen molar-refractivity contribution in [1.29, 1.82) is 0 Å². The molecule has 0 radical (unpaired) electrons. The van der Waals surface area contributed by atoms with Crippen LogP contribution >= 0.6 is 11.8 Å². The number of carboxylic acids is 1. The third-order valence-electron chi connectivity index (χ3n) is 2.63. The van der Waals surface area contributed by atoms with E-state index in [1.807, 2.05) is 0 Å². The first kappa shape index (κ1) is 15.8. The van der Waals surface area contributed by atoms with E-state index in [4.69, 9.17) is 9.84 Å². The fourth-order valence-corrected chi connectivity index (χ4v) is 2.55. The first-order valence-electron chi connectivity index (χ1n) is 5.91. The highest BCUT2D eigenvalue weighted by Crippen LogP contribution is 2.14. The number of nitrogens with one attached hydrogen (secondary N) is 1. The van der Waals surface area contributed by atoms with Crippen molar-refractivity contribution in [2.24, 2.45) is 0 Å². The number of nitrogens with zero attached hydrogens (tertiary/aromatic N) is 1. The maximum Gasteiger partial charge on any atom is 0.326 e. The zero-order chi connectivity index (χ0) is 14.3.